The minimum atomic E-state index is -1.07. The van der Waals surface area contributed by atoms with E-state index in [1.54, 1.807) is 0 Å². The van der Waals surface area contributed by atoms with Crippen molar-refractivity contribution in [3.05, 3.63) is 24.3 Å². The lowest BCUT2D eigenvalue weighted by molar-refractivity contribution is -0.148. The fourth-order valence-corrected chi connectivity index (χ4v) is 1.17. The van der Waals surface area contributed by atoms with Crippen LogP contribution in [0.5, 0.6) is 0 Å². The Bertz CT molecular complexity index is 484. The number of carbonyl (C=O) groups is 4. The number of alkyl carbamates (subject to hydrolysis) is 1. The molecule has 24 heavy (non-hydrogen) atoms. The lowest BCUT2D eigenvalue weighted by Crippen LogP contribution is -2.39. The number of hydrogen-bond donors (Lipinski definition) is 1. The molecule has 0 fully saturated rings. The molecule has 0 spiro atoms. The maximum atomic E-state index is 11.7. The molecule has 0 saturated carbocycles. The molecule has 1 atom stereocenters. The van der Waals surface area contributed by atoms with Gasteiger partial charge in [0.1, 0.15) is 13.2 Å². The van der Waals surface area contributed by atoms with Crippen molar-refractivity contribution < 1.29 is 38.1 Å². The zero-order valence-corrected chi connectivity index (χ0v) is 13.8. The molecule has 0 bridgehead atoms. The quantitative estimate of drug-likeness (QED) is 0.204. The first kappa shape index (κ1) is 21.2. The van der Waals surface area contributed by atoms with Crippen LogP contribution in [0.2, 0.25) is 0 Å². The molecule has 0 radical (unpaired) electrons. The molecule has 0 aromatic carbocycles. The van der Waals surface area contributed by atoms with Gasteiger partial charge in [0.25, 0.3) is 6.47 Å². The van der Waals surface area contributed by atoms with E-state index in [4.69, 9.17) is 14.2 Å². The van der Waals surface area contributed by atoms with Crippen LogP contribution in [0.1, 0.15) is 20.8 Å². The van der Waals surface area contributed by atoms with Gasteiger partial charge in [0.2, 0.25) is 0 Å². The highest BCUT2D eigenvalue weighted by molar-refractivity contribution is 5.87. The molecule has 0 aliphatic carbocycles. The fourth-order valence-electron chi connectivity index (χ4n) is 1.17. The van der Waals surface area contributed by atoms with E-state index in [1.807, 2.05) is 0 Å². The van der Waals surface area contributed by atoms with Crippen molar-refractivity contribution in [3.8, 4) is 0 Å². The van der Waals surface area contributed by atoms with Gasteiger partial charge in [0, 0.05) is 11.1 Å². The van der Waals surface area contributed by atoms with Gasteiger partial charge in [0.05, 0.1) is 0 Å². The van der Waals surface area contributed by atoms with E-state index in [1.165, 1.54) is 20.8 Å². The summed E-state index contributed by atoms with van der Waals surface area (Å²) in [6.45, 7) is 10.6. The predicted molar refractivity (Wildman–Crippen MR) is 81.6 cm³/mol. The zero-order chi connectivity index (χ0) is 18.7. The standard InChI is InChI=1S/C15H21NO8/c1-9(2)13(18)21-6-12(7-22-14(19)10(3)4)24-15(20)16-11(5)23-8-17/h8,11-12H,1,3,6-7H2,2,4-5H3,(H,16,20). The fraction of sp³-hybridized carbons (Fsp3) is 0.467. The van der Waals surface area contributed by atoms with Crippen LogP contribution < -0.4 is 5.32 Å². The summed E-state index contributed by atoms with van der Waals surface area (Å²) in [4.78, 5) is 44.6. The Kier molecular flexibility index (Phi) is 9.53. The van der Waals surface area contributed by atoms with Gasteiger partial charge in [-0.05, 0) is 20.8 Å². The third-order valence-corrected chi connectivity index (χ3v) is 2.35. The Balaban J connectivity index is 4.65. The third-order valence-electron chi connectivity index (χ3n) is 2.35. The van der Waals surface area contributed by atoms with E-state index in [-0.39, 0.29) is 30.8 Å². The van der Waals surface area contributed by atoms with E-state index in [9.17, 15) is 19.2 Å². The Morgan fingerprint density at radius 2 is 1.50 bits per heavy atom. The zero-order valence-electron chi connectivity index (χ0n) is 13.8. The van der Waals surface area contributed by atoms with Crippen molar-refractivity contribution in [3.63, 3.8) is 0 Å². The number of esters is 2. The molecule has 1 unspecified atom stereocenters. The monoisotopic (exact) mass is 343 g/mol. The van der Waals surface area contributed by atoms with Gasteiger partial charge in [-0.25, -0.2) is 14.4 Å². The van der Waals surface area contributed by atoms with E-state index < -0.39 is 30.4 Å². The highest BCUT2D eigenvalue weighted by atomic mass is 16.6. The maximum absolute atomic E-state index is 11.7. The first-order chi connectivity index (χ1) is 11.2. The van der Waals surface area contributed by atoms with E-state index >= 15 is 0 Å². The van der Waals surface area contributed by atoms with Crippen LogP contribution in [0.15, 0.2) is 24.3 Å². The van der Waals surface area contributed by atoms with E-state index in [0.717, 1.165) is 0 Å². The van der Waals surface area contributed by atoms with Crippen molar-refractivity contribution in [1.82, 2.24) is 5.32 Å². The Labute approximate surface area is 139 Å². The van der Waals surface area contributed by atoms with Gasteiger partial charge in [-0.15, -0.1) is 0 Å². The van der Waals surface area contributed by atoms with Crippen molar-refractivity contribution in [2.75, 3.05) is 13.2 Å². The lowest BCUT2D eigenvalue weighted by Gasteiger charge is -2.19. The normalized spacial score (nSPS) is 11.0. The second-order valence-corrected chi connectivity index (χ2v) is 4.80. The molecule has 9 heteroatoms. The number of rotatable bonds is 10. The predicted octanol–water partition coefficient (Wildman–Crippen LogP) is 0.839. The van der Waals surface area contributed by atoms with E-state index in [0.29, 0.717) is 0 Å². The smallest absolute Gasteiger partial charge is 0.410 e. The van der Waals surface area contributed by atoms with Crippen LogP contribution in [0.25, 0.3) is 0 Å². The molecule has 134 valence electrons. The molecule has 0 heterocycles. The first-order valence-electron chi connectivity index (χ1n) is 6.88. The molecular weight excluding hydrogens is 322 g/mol. The highest BCUT2D eigenvalue weighted by Crippen LogP contribution is 2.02. The molecule has 1 N–H and O–H groups in total. The number of ether oxygens (including phenoxy) is 4. The summed E-state index contributed by atoms with van der Waals surface area (Å²) in [7, 11) is 0. The maximum Gasteiger partial charge on any atom is 0.410 e. The number of nitrogens with one attached hydrogen (secondary N) is 1. The minimum Gasteiger partial charge on any atom is -0.458 e. The molecule has 0 aliphatic heterocycles. The largest absolute Gasteiger partial charge is 0.458 e. The molecule has 0 aliphatic rings. The summed E-state index contributed by atoms with van der Waals surface area (Å²) >= 11 is 0. The highest BCUT2D eigenvalue weighted by Gasteiger charge is 2.21. The van der Waals surface area contributed by atoms with Gasteiger partial charge in [-0.3, -0.25) is 10.1 Å². The van der Waals surface area contributed by atoms with Crippen LogP contribution >= 0.6 is 0 Å². The summed E-state index contributed by atoms with van der Waals surface area (Å²) in [5.41, 5.74) is 0.315. The molecule has 0 rings (SSSR count). The Morgan fingerprint density at radius 3 is 1.88 bits per heavy atom. The summed E-state index contributed by atoms with van der Waals surface area (Å²) in [6, 6.07) is 0. The van der Waals surface area contributed by atoms with Crippen molar-refractivity contribution in [2.24, 2.45) is 0 Å². The summed E-state index contributed by atoms with van der Waals surface area (Å²) in [6.07, 6.45) is -2.95. The van der Waals surface area contributed by atoms with Gasteiger partial charge < -0.3 is 18.9 Å². The SMILES string of the molecule is C=C(C)C(=O)OCC(COC(=O)C(=C)C)OC(=O)NC(C)OC=O. The minimum absolute atomic E-state index is 0.158. The van der Waals surface area contributed by atoms with Gasteiger partial charge in [-0.1, -0.05) is 13.2 Å². The summed E-state index contributed by atoms with van der Waals surface area (Å²) in [5.74, 6) is -1.37. The second kappa shape index (κ2) is 10.8. The molecule has 0 aromatic rings. The van der Waals surface area contributed by atoms with Crippen molar-refractivity contribution in [1.29, 1.82) is 0 Å². The average Bonchev–Trinajstić information content (AvgIpc) is 2.48. The summed E-state index contributed by atoms with van der Waals surface area (Å²) < 4.78 is 19.2. The molecule has 0 saturated heterocycles. The van der Waals surface area contributed by atoms with Gasteiger partial charge >= 0.3 is 18.0 Å². The Morgan fingerprint density at radius 1 is 1.04 bits per heavy atom. The van der Waals surface area contributed by atoms with Gasteiger partial charge in [0.15, 0.2) is 12.3 Å². The number of carbonyl (C=O) groups excluding carboxylic acids is 4. The number of amides is 1. The molecule has 0 aromatic heterocycles. The first-order valence-corrected chi connectivity index (χ1v) is 6.88. The van der Waals surface area contributed by atoms with Gasteiger partial charge in [-0.2, -0.15) is 0 Å². The Hall–Kier alpha value is -2.84. The second-order valence-electron chi connectivity index (χ2n) is 4.80. The molecule has 1 amide bonds. The molecule has 9 nitrogen and oxygen atoms in total. The van der Waals surface area contributed by atoms with Crippen LogP contribution in [-0.2, 0) is 33.3 Å². The van der Waals surface area contributed by atoms with Crippen molar-refractivity contribution >= 4 is 24.5 Å². The van der Waals surface area contributed by atoms with Crippen molar-refractivity contribution in [2.45, 2.75) is 33.1 Å². The van der Waals surface area contributed by atoms with Crippen LogP contribution in [0.3, 0.4) is 0 Å². The summed E-state index contributed by atoms with van der Waals surface area (Å²) in [5, 5.41) is 2.20. The average molecular weight is 343 g/mol. The lowest BCUT2D eigenvalue weighted by atomic mass is 10.3. The van der Waals surface area contributed by atoms with Crippen LogP contribution in [-0.4, -0.2) is 50.0 Å². The van der Waals surface area contributed by atoms with Crippen LogP contribution in [0.4, 0.5) is 4.79 Å². The van der Waals surface area contributed by atoms with Crippen LogP contribution in [0, 0.1) is 0 Å². The molecular formula is C15H21NO8. The topological polar surface area (TPSA) is 117 Å². The number of hydrogen-bond acceptors (Lipinski definition) is 8. The van der Waals surface area contributed by atoms with E-state index in [2.05, 4.69) is 23.2 Å². The third kappa shape index (κ3) is 9.23.